The van der Waals surface area contributed by atoms with Crippen LogP contribution in [0.2, 0.25) is 0 Å². The van der Waals surface area contributed by atoms with Crippen LogP contribution in [0.15, 0.2) is 498 Å². The molecular weight excluding hydrogens is 1300 g/mol. The van der Waals surface area contributed by atoms with Crippen LogP contribution >= 0.6 is 0 Å². The molecule has 0 saturated heterocycles. The lowest BCUT2D eigenvalue weighted by Gasteiger charge is -2.10. The summed E-state index contributed by atoms with van der Waals surface area (Å²) in [5, 5.41) is 0. The second kappa shape index (κ2) is 37.9. The highest BCUT2D eigenvalue weighted by Crippen LogP contribution is 2.37. The molecule has 15 aromatic carbocycles. The van der Waals surface area contributed by atoms with Crippen LogP contribution in [-0.2, 0) is 54.5 Å². The summed E-state index contributed by atoms with van der Waals surface area (Å²) in [4.78, 5) is 20.6. The first-order chi connectivity index (χ1) is 49.3. The van der Waals surface area contributed by atoms with E-state index >= 15 is 0 Å². The SMILES string of the molecule is Cc1ccc([S+](c2ccccc2)c2ccccc2)c(C)c1.Cc1ccc([S+](c2ccccc2)c2ccccc2)cc1.Cc1cccc([S+](c2ccccc2)c2ccccc2)c1.Cc1ccccc1[S+](c1ccccc1)c1ccccc1.c1ccc([S+](c2ccccc2)c2ccccc2)cc1. The predicted octanol–water partition coefficient (Wildman–Crippen LogP) is 25.5. The number of hydrogen-bond donors (Lipinski definition) is 0. The highest BCUT2D eigenvalue weighted by atomic mass is 32.2. The monoisotopic (exact) mass is 1390 g/mol. The van der Waals surface area contributed by atoms with E-state index in [1.165, 1.54) is 101 Å². The lowest BCUT2D eigenvalue weighted by molar-refractivity contribution is 1.23. The van der Waals surface area contributed by atoms with Crippen LogP contribution < -0.4 is 0 Å². The van der Waals surface area contributed by atoms with E-state index in [0.29, 0.717) is 0 Å². The molecule has 490 valence electrons. The molecule has 0 spiro atoms. The molecule has 5 heteroatoms. The number of hydrogen-bond acceptors (Lipinski definition) is 0. The minimum atomic E-state index is -0.0345. The van der Waals surface area contributed by atoms with Crippen molar-refractivity contribution in [3.8, 4) is 0 Å². The fourth-order valence-corrected chi connectivity index (χ4v) is 22.2. The molecule has 0 bridgehead atoms. The third kappa shape index (κ3) is 20.1. The van der Waals surface area contributed by atoms with Crippen LogP contribution in [0.1, 0.15) is 27.8 Å². The highest BCUT2D eigenvalue weighted by molar-refractivity contribution is 7.98. The van der Waals surface area contributed by atoms with Gasteiger partial charge in [-0.2, -0.15) is 0 Å². The minimum absolute atomic E-state index is 0.0146. The van der Waals surface area contributed by atoms with Gasteiger partial charge in [-0.05, 0) is 210 Å². The lowest BCUT2D eigenvalue weighted by Crippen LogP contribution is -2.06. The van der Waals surface area contributed by atoms with E-state index in [4.69, 9.17) is 0 Å². The fraction of sp³-hybridized carbons (Fsp3) is 0.0526. The fourth-order valence-electron chi connectivity index (χ4n) is 11.4. The lowest BCUT2D eigenvalue weighted by atomic mass is 10.2. The number of aryl methyl sites for hydroxylation is 5. The highest BCUT2D eigenvalue weighted by Gasteiger charge is 2.33. The van der Waals surface area contributed by atoms with Gasteiger partial charge >= 0.3 is 0 Å². The molecule has 0 aliphatic heterocycles. The van der Waals surface area contributed by atoms with Crippen molar-refractivity contribution in [2.45, 2.75) is 108 Å². The van der Waals surface area contributed by atoms with Gasteiger partial charge < -0.3 is 0 Å². The number of benzene rings is 15. The van der Waals surface area contributed by atoms with Gasteiger partial charge in [0.05, 0.1) is 54.5 Å². The van der Waals surface area contributed by atoms with Crippen LogP contribution in [0, 0.1) is 34.6 Å². The average Bonchev–Trinajstić information content (AvgIpc) is 0.845. The Morgan fingerprint density at radius 2 is 0.340 bits per heavy atom. The molecule has 0 fully saturated rings. The zero-order chi connectivity index (χ0) is 68.9. The van der Waals surface area contributed by atoms with Gasteiger partial charge in [-0.25, -0.2) is 0 Å². The maximum atomic E-state index is 2.29. The van der Waals surface area contributed by atoms with Crippen molar-refractivity contribution in [1.29, 1.82) is 0 Å². The van der Waals surface area contributed by atoms with Gasteiger partial charge in [0.2, 0.25) is 0 Å². The van der Waals surface area contributed by atoms with Crippen molar-refractivity contribution in [3.63, 3.8) is 0 Å². The first-order valence-electron chi connectivity index (χ1n) is 33.8. The summed E-state index contributed by atoms with van der Waals surface area (Å²) >= 11 is 0. The maximum Gasteiger partial charge on any atom is 0.169 e. The van der Waals surface area contributed by atoms with Gasteiger partial charge in [-0.1, -0.05) is 266 Å². The smallest absolute Gasteiger partial charge is 0.0619 e. The van der Waals surface area contributed by atoms with Crippen molar-refractivity contribution in [2.24, 2.45) is 0 Å². The molecule has 0 unspecified atom stereocenters. The summed E-state index contributed by atoms with van der Waals surface area (Å²) in [5.74, 6) is 0. The van der Waals surface area contributed by atoms with Gasteiger partial charge in [0.1, 0.15) is 0 Å². The molecule has 15 rings (SSSR count). The Labute approximate surface area is 610 Å². The molecule has 100 heavy (non-hydrogen) atoms. The van der Waals surface area contributed by atoms with Crippen LogP contribution in [0.5, 0.6) is 0 Å². The first-order valence-corrected chi connectivity index (χ1v) is 39.9. The number of rotatable bonds is 15. The topological polar surface area (TPSA) is 0 Å². The van der Waals surface area contributed by atoms with E-state index in [2.05, 4.69) is 459 Å². The zero-order valence-electron chi connectivity index (χ0n) is 57.5. The summed E-state index contributed by atoms with van der Waals surface area (Å²) in [6, 6.07) is 151. The standard InChI is InChI=1S/C20H19S.3C19H17S.C18H15S/c1-16-13-14-20(17(2)15-16)21(18-9-5-3-6-10-18)19-11-7-4-8-12-19;1-16-10-8-9-15-19(16)20(17-11-4-2-5-12-17)18-13-6-3-7-14-18;1-16-9-8-14-19(15-16)20(17-10-4-2-5-11-17)18-12-6-3-7-13-18;1-16-12-14-19(15-13-16)20(17-8-4-2-5-9-17)18-10-6-3-7-11-18;1-4-10-16(11-5-1)19(17-12-6-2-7-13-17)18-14-8-3-9-15-18/h3-15H,1-2H3;3*2-15H,1H3;1-15H/q5*+1. The summed E-state index contributed by atoms with van der Waals surface area (Å²) in [5.41, 5.74) is 6.65. The Morgan fingerprint density at radius 3 is 0.610 bits per heavy atom. The van der Waals surface area contributed by atoms with Crippen molar-refractivity contribution in [3.05, 3.63) is 452 Å². The van der Waals surface area contributed by atoms with Gasteiger partial charge in [0.15, 0.2) is 73.4 Å². The molecule has 0 N–H and O–H groups in total. The quantitative estimate of drug-likeness (QED) is 0.0898. The Bertz CT molecular complexity index is 4530. The average molecular weight is 1390 g/mol. The Balaban J connectivity index is 0.000000126. The normalized spacial score (nSPS) is 10.7. The van der Waals surface area contributed by atoms with Crippen LogP contribution in [-0.4, -0.2) is 0 Å². The third-order valence-corrected chi connectivity index (χ3v) is 27.6. The van der Waals surface area contributed by atoms with Crippen LogP contribution in [0.4, 0.5) is 0 Å². The molecule has 0 amide bonds. The van der Waals surface area contributed by atoms with E-state index < -0.39 is 0 Å². The van der Waals surface area contributed by atoms with Crippen molar-refractivity contribution in [2.75, 3.05) is 0 Å². The van der Waals surface area contributed by atoms with E-state index in [-0.39, 0.29) is 54.5 Å². The molecule has 0 heterocycles. The second-order valence-corrected chi connectivity index (χ2v) is 33.7. The Morgan fingerprint density at radius 1 is 0.130 bits per heavy atom. The summed E-state index contributed by atoms with van der Waals surface area (Å²) in [6.07, 6.45) is 0. The van der Waals surface area contributed by atoms with Crippen LogP contribution in [0.25, 0.3) is 0 Å². The molecule has 0 aliphatic carbocycles. The zero-order valence-corrected chi connectivity index (χ0v) is 61.5. The summed E-state index contributed by atoms with van der Waals surface area (Å²) in [6.45, 7) is 10.9. The van der Waals surface area contributed by atoms with Crippen LogP contribution in [0.3, 0.4) is 0 Å². The van der Waals surface area contributed by atoms with E-state index in [1.54, 1.807) is 0 Å². The van der Waals surface area contributed by atoms with E-state index in [9.17, 15) is 0 Å². The summed E-state index contributed by atoms with van der Waals surface area (Å²) in [7, 11) is -0.123. The molecule has 0 atom stereocenters. The second-order valence-electron chi connectivity index (χ2n) is 23.6. The molecule has 0 saturated carbocycles. The van der Waals surface area contributed by atoms with E-state index in [1.807, 2.05) is 0 Å². The van der Waals surface area contributed by atoms with E-state index in [0.717, 1.165) is 0 Å². The molecule has 15 aromatic rings. The molecule has 0 radical (unpaired) electrons. The Kier molecular flexibility index (Phi) is 27.0. The summed E-state index contributed by atoms with van der Waals surface area (Å²) < 4.78 is 0. The molecule has 0 nitrogen and oxygen atoms in total. The van der Waals surface area contributed by atoms with Gasteiger partial charge in [0.25, 0.3) is 0 Å². The minimum Gasteiger partial charge on any atom is -0.0619 e. The van der Waals surface area contributed by atoms with Crippen molar-refractivity contribution in [1.82, 2.24) is 0 Å². The van der Waals surface area contributed by atoms with Crippen molar-refractivity contribution >= 4 is 54.5 Å². The van der Waals surface area contributed by atoms with Crippen molar-refractivity contribution < 1.29 is 0 Å². The molecular formula is C95H85S5+5. The Hall–Kier alpha value is -9.95. The largest absolute Gasteiger partial charge is 0.169 e. The molecule has 0 aliphatic rings. The third-order valence-electron chi connectivity index (χ3n) is 16.1. The van der Waals surface area contributed by atoms with Gasteiger partial charge in [-0.3, -0.25) is 0 Å². The van der Waals surface area contributed by atoms with Gasteiger partial charge in [0, 0.05) is 11.1 Å². The maximum absolute atomic E-state index is 2.29. The van der Waals surface area contributed by atoms with Gasteiger partial charge in [-0.15, -0.1) is 0 Å². The first kappa shape index (κ1) is 71.3. The predicted molar refractivity (Wildman–Crippen MR) is 431 cm³/mol. The molecule has 0 aromatic heterocycles.